The largest absolute Gasteiger partial charge is 0.332 e. The van der Waals surface area contributed by atoms with Gasteiger partial charge in [0.2, 0.25) is 0 Å². The molecule has 0 unspecified atom stereocenters. The van der Waals surface area contributed by atoms with Gasteiger partial charge in [-0.25, -0.2) is 9.97 Å². The average Bonchev–Trinajstić information content (AvgIpc) is 2.95. The average molecular weight is 303 g/mol. The monoisotopic (exact) mass is 302 g/mol. The SMILES string of the molecule is Cc1sc2nc(Cn3cccc3C#N)nc(Cl)c2c1C. The molecule has 0 radical (unpaired) electrons. The Bertz CT molecular complexity index is 841. The lowest BCUT2D eigenvalue weighted by molar-refractivity contribution is 0.746. The van der Waals surface area contributed by atoms with Gasteiger partial charge in [-0.15, -0.1) is 11.3 Å². The van der Waals surface area contributed by atoms with Crippen molar-refractivity contribution in [3.05, 3.63) is 45.4 Å². The number of rotatable bonds is 2. The van der Waals surface area contributed by atoms with E-state index in [-0.39, 0.29) is 0 Å². The summed E-state index contributed by atoms with van der Waals surface area (Å²) < 4.78 is 1.81. The van der Waals surface area contributed by atoms with E-state index >= 15 is 0 Å². The van der Waals surface area contributed by atoms with E-state index in [4.69, 9.17) is 16.9 Å². The molecule has 3 rings (SSSR count). The second kappa shape index (κ2) is 4.89. The summed E-state index contributed by atoms with van der Waals surface area (Å²) in [5.74, 6) is 0.622. The number of aryl methyl sites for hydroxylation is 2. The summed E-state index contributed by atoms with van der Waals surface area (Å²) in [5, 5.41) is 10.4. The number of hydrogen-bond donors (Lipinski definition) is 0. The lowest BCUT2D eigenvalue weighted by atomic mass is 10.2. The van der Waals surface area contributed by atoms with E-state index in [2.05, 4.69) is 23.0 Å². The van der Waals surface area contributed by atoms with Crippen LogP contribution < -0.4 is 0 Å². The highest BCUT2D eigenvalue weighted by atomic mass is 35.5. The van der Waals surface area contributed by atoms with Crippen LogP contribution in [0.25, 0.3) is 10.2 Å². The van der Waals surface area contributed by atoms with Crippen molar-refractivity contribution in [2.75, 3.05) is 0 Å². The van der Waals surface area contributed by atoms with Crippen molar-refractivity contribution in [1.29, 1.82) is 5.26 Å². The zero-order valence-corrected chi connectivity index (χ0v) is 12.6. The summed E-state index contributed by atoms with van der Waals surface area (Å²) in [6, 6.07) is 5.73. The van der Waals surface area contributed by atoms with Crippen molar-refractivity contribution in [1.82, 2.24) is 14.5 Å². The van der Waals surface area contributed by atoms with Gasteiger partial charge < -0.3 is 4.57 Å². The molecule has 0 aromatic carbocycles. The van der Waals surface area contributed by atoms with Gasteiger partial charge in [-0.05, 0) is 31.5 Å². The Morgan fingerprint density at radius 1 is 1.40 bits per heavy atom. The lowest BCUT2D eigenvalue weighted by Crippen LogP contribution is -2.05. The number of fused-ring (bicyclic) bond motifs is 1. The van der Waals surface area contributed by atoms with Gasteiger partial charge in [0.15, 0.2) is 5.82 Å². The molecule has 0 atom stereocenters. The molecular formula is C14H11ClN4S. The normalized spacial score (nSPS) is 10.9. The van der Waals surface area contributed by atoms with E-state index in [0.717, 1.165) is 15.8 Å². The first-order chi connectivity index (χ1) is 9.60. The van der Waals surface area contributed by atoms with Gasteiger partial charge in [-0.1, -0.05) is 11.6 Å². The molecule has 100 valence electrons. The minimum atomic E-state index is 0.446. The molecule has 0 spiro atoms. The second-order valence-electron chi connectivity index (χ2n) is 4.53. The van der Waals surface area contributed by atoms with Crippen LogP contribution in [0.2, 0.25) is 5.15 Å². The van der Waals surface area contributed by atoms with E-state index in [0.29, 0.717) is 23.2 Å². The zero-order valence-electron chi connectivity index (χ0n) is 11.0. The molecule has 0 saturated carbocycles. The van der Waals surface area contributed by atoms with E-state index in [9.17, 15) is 0 Å². The van der Waals surface area contributed by atoms with Crippen LogP contribution in [-0.4, -0.2) is 14.5 Å². The van der Waals surface area contributed by atoms with E-state index in [1.54, 1.807) is 17.4 Å². The molecule has 3 aromatic rings. The van der Waals surface area contributed by atoms with Crippen LogP contribution in [0.5, 0.6) is 0 Å². The summed E-state index contributed by atoms with van der Waals surface area (Å²) in [5.41, 5.74) is 1.73. The third-order valence-corrected chi connectivity index (χ3v) is 4.66. The minimum absolute atomic E-state index is 0.446. The smallest absolute Gasteiger partial charge is 0.151 e. The standard InChI is InChI=1S/C14H11ClN4S/c1-8-9(2)20-14-12(8)13(15)17-11(18-14)7-19-5-3-4-10(19)6-16/h3-5H,7H2,1-2H3. The Labute approximate surface area is 125 Å². The molecule has 0 N–H and O–H groups in total. The molecule has 3 aromatic heterocycles. The third-order valence-electron chi connectivity index (χ3n) is 3.29. The third kappa shape index (κ3) is 2.07. The molecule has 3 heterocycles. The highest BCUT2D eigenvalue weighted by molar-refractivity contribution is 7.18. The van der Waals surface area contributed by atoms with Crippen LogP contribution in [0.4, 0.5) is 0 Å². The zero-order chi connectivity index (χ0) is 14.3. The highest BCUT2D eigenvalue weighted by Crippen LogP contribution is 2.32. The summed E-state index contributed by atoms with van der Waals surface area (Å²) in [6.45, 7) is 4.53. The van der Waals surface area contributed by atoms with Gasteiger partial charge in [0.05, 0.1) is 11.9 Å². The maximum atomic E-state index is 9.02. The number of halogens is 1. The Kier molecular flexibility index (Phi) is 3.20. The number of nitrogens with zero attached hydrogens (tertiary/aromatic N) is 4. The fourth-order valence-corrected chi connectivity index (χ4v) is 3.55. The van der Waals surface area contributed by atoms with Crippen molar-refractivity contribution >= 4 is 33.2 Å². The van der Waals surface area contributed by atoms with Crippen LogP contribution in [-0.2, 0) is 6.54 Å². The minimum Gasteiger partial charge on any atom is -0.332 e. The van der Waals surface area contributed by atoms with Crippen molar-refractivity contribution in [3.8, 4) is 6.07 Å². The van der Waals surface area contributed by atoms with Crippen molar-refractivity contribution < 1.29 is 0 Å². The van der Waals surface area contributed by atoms with Crippen molar-refractivity contribution in [2.45, 2.75) is 20.4 Å². The van der Waals surface area contributed by atoms with Crippen molar-refractivity contribution in [2.24, 2.45) is 0 Å². The Morgan fingerprint density at radius 2 is 2.20 bits per heavy atom. The molecule has 20 heavy (non-hydrogen) atoms. The Hall–Kier alpha value is -1.90. The van der Waals surface area contributed by atoms with Gasteiger partial charge in [0.1, 0.15) is 21.7 Å². The molecule has 0 aliphatic carbocycles. The molecule has 4 nitrogen and oxygen atoms in total. The van der Waals surface area contributed by atoms with E-state index in [1.807, 2.05) is 23.8 Å². The first kappa shape index (κ1) is 13.1. The fourth-order valence-electron chi connectivity index (χ4n) is 2.12. The molecule has 0 aliphatic rings. The van der Waals surface area contributed by atoms with E-state index in [1.165, 1.54) is 4.88 Å². The lowest BCUT2D eigenvalue weighted by Gasteiger charge is -2.05. The van der Waals surface area contributed by atoms with Gasteiger partial charge >= 0.3 is 0 Å². The summed E-state index contributed by atoms with van der Waals surface area (Å²) >= 11 is 7.90. The number of aromatic nitrogens is 3. The maximum Gasteiger partial charge on any atom is 0.151 e. The highest BCUT2D eigenvalue weighted by Gasteiger charge is 2.13. The predicted molar refractivity (Wildman–Crippen MR) is 80.1 cm³/mol. The molecule has 0 fully saturated rings. The van der Waals surface area contributed by atoms with Crippen molar-refractivity contribution in [3.63, 3.8) is 0 Å². The molecular weight excluding hydrogens is 292 g/mol. The molecule has 6 heteroatoms. The number of hydrogen-bond acceptors (Lipinski definition) is 4. The first-order valence-electron chi connectivity index (χ1n) is 6.07. The van der Waals surface area contributed by atoms with Crippen LogP contribution in [0.15, 0.2) is 18.3 Å². The van der Waals surface area contributed by atoms with Gasteiger partial charge in [-0.2, -0.15) is 5.26 Å². The maximum absolute atomic E-state index is 9.02. The predicted octanol–water partition coefficient (Wildman–Crippen LogP) is 3.68. The quantitative estimate of drug-likeness (QED) is 0.678. The first-order valence-corrected chi connectivity index (χ1v) is 7.27. The molecule has 0 saturated heterocycles. The fraction of sp³-hybridized carbons (Fsp3) is 0.214. The second-order valence-corrected chi connectivity index (χ2v) is 6.09. The Morgan fingerprint density at radius 3 is 2.95 bits per heavy atom. The van der Waals surface area contributed by atoms with E-state index < -0.39 is 0 Å². The van der Waals surface area contributed by atoms with Crippen LogP contribution in [0.1, 0.15) is 22.0 Å². The summed E-state index contributed by atoms with van der Waals surface area (Å²) in [4.78, 5) is 11.0. The van der Waals surface area contributed by atoms with Crippen LogP contribution in [0.3, 0.4) is 0 Å². The van der Waals surface area contributed by atoms with Gasteiger partial charge in [-0.3, -0.25) is 0 Å². The summed E-state index contributed by atoms with van der Waals surface area (Å²) in [6.07, 6.45) is 1.84. The molecule has 0 bridgehead atoms. The summed E-state index contributed by atoms with van der Waals surface area (Å²) in [7, 11) is 0. The Balaban J connectivity index is 2.08. The van der Waals surface area contributed by atoms with Crippen LogP contribution in [0, 0.1) is 25.2 Å². The van der Waals surface area contributed by atoms with Gasteiger partial charge in [0.25, 0.3) is 0 Å². The molecule has 0 amide bonds. The molecule has 0 aliphatic heterocycles. The topological polar surface area (TPSA) is 54.5 Å². The number of nitriles is 1. The number of thiophene rings is 1. The van der Waals surface area contributed by atoms with Gasteiger partial charge in [0, 0.05) is 11.1 Å². The van der Waals surface area contributed by atoms with Crippen LogP contribution >= 0.6 is 22.9 Å².